The summed E-state index contributed by atoms with van der Waals surface area (Å²) < 4.78 is 7.53. The van der Waals surface area contributed by atoms with E-state index in [4.69, 9.17) is 4.74 Å². The number of rotatable bonds is 9. The van der Waals surface area contributed by atoms with Gasteiger partial charge in [-0.15, -0.1) is 10.2 Å². The summed E-state index contributed by atoms with van der Waals surface area (Å²) in [5.74, 6) is 1.01. The summed E-state index contributed by atoms with van der Waals surface area (Å²) in [5.41, 5.74) is 3.22. The van der Waals surface area contributed by atoms with Gasteiger partial charge >= 0.3 is 0 Å². The van der Waals surface area contributed by atoms with E-state index in [2.05, 4.69) is 28.5 Å². The molecule has 1 heterocycles. The summed E-state index contributed by atoms with van der Waals surface area (Å²) >= 11 is 1.37. The molecule has 2 aromatic carbocycles. The Morgan fingerprint density at radius 2 is 1.86 bits per heavy atom. The van der Waals surface area contributed by atoms with Crippen LogP contribution in [0.15, 0.2) is 60.0 Å². The van der Waals surface area contributed by atoms with E-state index in [1.54, 1.807) is 6.33 Å². The topological polar surface area (TPSA) is 69.0 Å². The van der Waals surface area contributed by atoms with Crippen LogP contribution in [0.3, 0.4) is 0 Å². The van der Waals surface area contributed by atoms with Crippen LogP contribution in [0.2, 0.25) is 0 Å². The molecule has 0 aliphatic heterocycles. The lowest BCUT2D eigenvalue weighted by Gasteiger charge is -2.12. The highest BCUT2D eigenvalue weighted by Crippen LogP contribution is 2.22. The van der Waals surface area contributed by atoms with Gasteiger partial charge in [-0.2, -0.15) is 0 Å². The maximum atomic E-state index is 12.3. The number of ether oxygens (including phenoxy) is 1. The van der Waals surface area contributed by atoms with Crippen molar-refractivity contribution in [2.24, 2.45) is 0 Å². The molecule has 6 nitrogen and oxygen atoms in total. The zero-order chi connectivity index (χ0) is 19.8. The first kappa shape index (κ1) is 19.9. The first-order chi connectivity index (χ1) is 13.7. The molecule has 0 fully saturated rings. The normalized spacial score (nSPS) is 10.6. The van der Waals surface area contributed by atoms with Gasteiger partial charge in [0.2, 0.25) is 5.91 Å². The zero-order valence-corrected chi connectivity index (χ0v) is 16.9. The van der Waals surface area contributed by atoms with Gasteiger partial charge in [-0.1, -0.05) is 55.1 Å². The van der Waals surface area contributed by atoms with Gasteiger partial charge < -0.3 is 10.1 Å². The van der Waals surface area contributed by atoms with Crippen LogP contribution < -0.4 is 10.1 Å². The average Bonchev–Trinajstić information content (AvgIpc) is 3.20. The van der Waals surface area contributed by atoms with E-state index >= 15 is 0 Å². The molecule has 0 bridgehead atoms. The fraction of sp³-hybridized carbons (Fsp3) is 0.286. The molecule has 28 heavy (non-hydrogen) atoms. The molecule has 146 valence electrons. The molecular weight excluding hydrogens is 372 g/mol. The Kier molecular flexibility index (Phi) is 7.08. The molecule has 0 aliphatic carbocycles. The number of thioether (sulfide) groups is 1. The summed E-state index contributed by atoms with van der Waals surface area (Å²) in [6.45, 7) is 5.08. The largest absolute Gasteiger partial charge is 0.494 e. The van der Waals surface area contributed by atoms with Gasteiger partial charge in [-0.25, -0.2) is 0 Å². The van der Waals surface area contributed by atoms with E-state index in [0.717, 1.165) is 23.4 Å². The van der Waals surface area contributed by atoms with Gasteiger partial charge in [0.25, 0.3) is 0 Å². The van der Waals surface area contributed by atoms with Crippen molar-refractivity contribution < 1.29 is 9.53 Å². The van der Waals surface area contributed by atoms with Crippen molar-refractivity contribution in [1.29, 1.82) is 0 Å². The number of amides is 1. The molecule has 1 N–H and O–H groups in total. The van der Waals surface area contributed by atoms with E-state index in [1.165, 1.54) is 17.3 Å². The molecule has 1 aromatic heterocycles. The maximum absolute atomic E-state index is 12.3. The molecule has 0 unspecified atom stereocenters. The van der Waals surface area contributed by atoms with Crippen LogP contribution in [0.5, 0.6) is 5.75 Å². The second-order valence-electron chi connectivity index (χ2n) is 6.07. The number of nitrogens with zero attached hydrogens (tertiary/aromatic N) is 3. The van der Waals surface area contributed by atoms with E-state index in [1.807, 2.05) is 54.0 Å². The number of carbonyl (C=O) groups is 1. The minimum atomic E-state index is -0.0605. The van der Waals surface area contributed by atoms with Crippen LogP contribution in [0.25, 0.3) is 5.69 Å². The van der Waals surface area contributed by atoms with Crippen molar-refractivity contribution in [1.82, 2.24) is 20.1 Å². The molecule has 0 aliphatic rings. The number of hydrogen-bond donors (Lipinski definition) is 1. The van der Waals surface area contributed by atoms with Crippen LogP contribution in [0, 0.1) is 0 Å². The van der Waals surface area contributed by atoms with Crippen LogP contribution >= 0.6 is 11.8 Å². The Morgan fingerprint density at radius 1 is 1.11 bits per heavy atom. The fourth-order valence-corrected chi connectivity index (χ4v) is 3.61. The number of nitrogens with one attached hydrogen (secondary N) is 1. The number of para-hydroxylation sites is 2. The maximum Gasteiger partial charge on any atom is 0.230 e. The molecule has 7 heteroatoms. The van der Waals surface area contributed by atoms with Crippen molar-refractivity contribution in [3.8, 4) is 11.4 Å². The average molecular weight is 397 g/mol. The standard InChI is InChI=1S/C21H24N4O2S/c1-3-16-9-5-7-11-18(16)25-15-23-24-21(25)28-14-20(26)22-13-17-10-6-8-12-19(17)27-4-2/h5-12,15H,3-4,13-14H2,1-2H3,(H,22,26). The minimum absolute atomic E-state index is 0.0605. The second kappa shape index (κ2) is 9.94. The van der Waals surface area contributed by atoms with Gasteiger partial charge in [-0.3, -0.25) is 9.36 Å². The number of benzene rings is 2. The molecular formula is C21H24N4O2S. The SMILES string of the molecule is CCOc1ccccc1CNC(=O)CSc1nncn1-c1ccccc1CC. The minimum Gasteiger partial charge on any atom is -0.494 e. The third kappa shape index (κ3) is 4.92. The first-order valence-electron chi connectivity index (χ1n) is 9.31. The van der Waals surface area contributed by atoms with Gasteiger partial charge in [0.1, 0.15) is 12.1 Å². The lowest BCUT2D eigenvalue weighted by Crippen LogP contribution is -2.25. The van der Waals surface area contributed by atoms with Crippen LogP contribution in [0.4, 0.5) is 0 Å². The van der Waals surface area contributed by atoms with Crippen molar-refractivity contribution in [2.75, 3.05) is 12.4 Å². The van der Waals surface area contributed by atoms with E-state index in [-0.39, 0.29) is 11.7 Å². The summed E-state index contributed by atoms with van der Waals surface area (Å²) in [6.07, 6.45) is 2.60. The number of carbonyl (C=O) groups excluding carboxylic acids is 1. The summed E-state index contributed by atoms with van der Waals surface area (Å²) in [4.78, 5) is 12.3. The van der Waals surface area contributed by atoms with Gasteiger partial charge in [0.15, 0.2) is 5.16 Å². The molecule has 3 rings (SSSR count). The molecule has 0 radical (unpaired) electrons. The highest BCUT2D eigenvalue weighted by molar-refractivity contribution is 7.99. The predicted molar refractivity (Wildman–Crippen MR) is 111 cm³/mol. The monoisotopic (exact) mass is 396 g/mol. The van der Waals surface area contributed by atoms with Crippen molar-refractivity contribution in [2.45, 2.75) is 32.0 Å². The molecule has 3 aromatic rings. The lowest BCUT2D eigenvalue weighted by atomic mass is 10.1. The molecule has 0 saturated heterocycles. The Hall–Kier alpha value is -2.80. The Balaban J connectivity index is 1.60. The van der Waals surface area contributed by atoms with Crippen LogP contribution in [-0.4, -0.2) is 33.0 Å². The van der Waals surface area contributed by atoms with Crippen molar-refractivity contribution in [3.05, 3.63) is 66.0 Å². The molecule has 0 spiro atoms. The van der Waals surface area contributed by atoms with Gasteiger partial charge in [-0.05, 0) is 31.0 Å². The van der Waals surface area contributed by atoms with Gasteiger partial charge in [0.05, 0.1) is 18.0 Å². The summed E-state index contributed by atoms with van der Waals surface area (Å²) in [5, 5.41) is 11.8. The molecule has 1 amide bonds. The third-order valence-corrected chi connectivity index (χ3v) is 5.17. The molecule has 0 saturated carbocycles. The van der Waals surface area contributed by atoms with E-state index in [9.17, 15) is 4.79 Å². The van der Waals surface area contributed by atoms with Crippen molar-refractivity contribution >= 4 is 17.7 Å². The Bertz CT molecular complexity index is 926. The van der Waals surface area contributed by atoms with E-state index in [0.29, 0.717) is 18.3 Å². The lowest BCUT2D eigenvalue weighted by molar-refractivity contribution is -0.118. The third-order valence-electron chi connectivity index (χ3n) is 4.23. The highest BCUT2D eigenvalue weighted by atomic mass is 32.2. The van der Waals surface area contributed by atoms with Gasteiger partial charge in [0, 0.05) is 12.1 Å². The molecule has 0 atom stereocenters. The Morgan fingerprint density at radius 3 is 2.64 bits per heavy atom. The number of hydrogen-bond acceptors (Lipinski definition) is 5. The summed E-state index contributed by atoms with van der Waals surface area (Å²) in [7, 11) is 0. The smallest absolute Gasteiger partial charge is 0.230 e. The van der Waals surface area contributed by atoms with Crippen LogP contribution in [0.1, 0.15) is 25.0 Å². The fourth-order valence-electron chi connectivity index (χ4n) is 2.85. The zero-order valence-electron chi connectivity index (χ0n) is 16.1. The number of aromatic nitrogens is 3. The first-order valence-corrected chi connectivity index (χ1v) is 10.3. The van der Waals surface area contributed by atoms with Crippen LogP contribution in [-0.2, 0) is 17.8 Å². The summed E-state index contributed by atoms with van der Waals surface area (Å²) in [6, 6.07) is 15.9. The predicted octanol–water partition coefficient (Wildman–Crippen LogP) is 3.64. The Labute approximate surface area is 169 Å². The number of aryl methyl sites for hydroxylation is 1. The van der Waals surface area contributed by atoms with E-state index < -0.39 is 0 Å². The highest BCUT2D eigenvalue weighted by Gasteiger charge is 2.12. The van der Waals surface area contributed by atoms with Crippen molar-refractivity contribution in [3.63, 3.8) is 0 Å². The second-order valence-corrected chi connectivity index (χ2v) is 7.01. The quantitative estimate of drug-likeness (QED) is 0.559.